The van der Waals surface area contributed by atoms with E-state index in [0.29, 0.717) is 33.0 Å². The lowest BCUT2D eigenvalue weighted by atomic mass is 10.0. The van der Waals surface area contributed by atoms with Crippen molar-refractivity contribution < 1.29 is 8.81 Å². The number of nitrogen functional groups attached to an aromatic ring is 2. The van der Waals surface area contributed by atoms with E-state index in [1.807, 2.05) is 0 Å². The molecule has 9 heteroatoms. The minimum absolute atomic E-state index is 0.0307. The minimum Gasteiger partial charge on any atom is -0.404 e. The zero-order valence-electron chi connectivity index (χ0n) is 15.1. The average molecular weight is 411 g/mol. The lowest BCUT2D eigenvalue weighted by molar-refractivity contribution is 0.461. The molecule has 0 aliphatic rings. The largest absolute Gasteiger partial charge is 0.404 e. The number of benzene rings is 2. The van der Waals surface area contributed by atoms with Crippen molar-refractivity contribution in [3.63, 3.8) is 0 Å². The number of hydrogen-bond acceptors (Lipinski definition) is 6. The highest BCUT2D eigenvalue weighted by Gasteiger charge is 2.13. The van der Waals surface area contributed by atoms with E-state index in [1.54, 1.807) is 42.5 Å². The molecule has 29 heavy (non-hydrogen) atoms. The zero-order valence-corrected chi connectivity index (χ0v) is 15.8. The average Bonchev–Trinajstić information content (AvgIpc) is 3.06. The molecular weight excluding hydrogens is 395 g/mol. The number of pyridine rings is 1. The summed E-state index contributed by atoms with van der Waals surface area (Å²) in [6, 6.07) is 13.3. The van der Waals surface area contributed by atoms with Gasteiger partial charge in [-0.2, -0.15) is 0 Å². The Morgan fingerprint density at radius 2 is 1.93 bits per heavy atom. The van der Waals surface area contributed by atoms with Crippen molar-refractivity contribution in [2.45, 2.75) is 6.54 Å². The quantitative estimate of drug-likeness (QED) is 0.474. The van der Waals surface area contributed by atoms with Crippen LogP contribution in [0.3, 0.4) is 0 Å². The molecule has 0 amide bonds. The molecular formula is C20H16ClFN6O. The van der Waals surface area contributed by atoms with E-state index in [-0.39, 0.29) is 23.9 Å². The number of aromatic nitrogens is 3. The van der Waals surface area contributed by atoms with Crippen LogP contribution in [0.15, 0.2) is 59.1 Å². The maximum absolute atomic E-state index is 14.7. The topological polar surface area (TPSA) is 120 Å². The minimum atomic E-state index is -0.462. The molecule has 0 aliphatic carbocycles. The van der Waals surface area contributed by atoms with Gasteiger partial charge in [-0.25, -0.2) is 19.5 Å². The highest BCUT2D eigenvalue weighted by atomic mass is 35.5. The van der Waals surface area contributed by atoms with Crippen LogP contribution >= 0.6 is 11.6 Å². The van der Waals surface area contributed by atoms with Crippen LogP contribution in [0, 0.1) is 11.2 Å². The number of nitrogens with two attached hydrogens (primary N) is 2. The number of nitrogens with zero attached hydrogens (tertiary/aromatic N) is 3. The molecule has 2 aromatic heterocycles. The fraction of sp³-hybridized carbons (Fsp3) is 0.0500. The summed E-state index contributed by atoms with van der Waals surface area (Å²) in [7, 11) is 0. The normalized spacial score (nSPS) is 11.0. The van der Waals surface area contributed by atoms with Gasteiger partial charge in [0.1, 0.15) is 11.6 Å². The number of halogens is 2. The number of hydrogen-bond donors (Lipinski definition) is 3. The third-order valence-electron chi connectivity index (χ3n) is 4.42. The van der Waals surface area contributed by atoms with Crippen molar-refractivity contribution >= 4 is 23.1 Å². The standard InChI is InChI=1S/C20H16ClFN6O/c21-14-3-1-2-12(8-14)19-27-28(20(25)29-19)10-13-5-4-11(9-16(13)22)15-6-7-26-18(24)17(15)23/h1-9,25H,10,23H2,(H2,24,26). The summed E-state index contributed by atoms with van der Waals surface area (Å²) in [5.41, 5.74) is 13.9. The van der Waals surface area contributed by atoms with E-state index in [9.17, 15) is 4.39 Å². The molecule has 2 heterocycles. The molecule has 0 unspecified atom stereocenters. The van der Waals surface area contributed by atoms with Crippen LogP contribution in [0.1, 0.15) is 5.56 Å². The molecule has 5 N–H and O–H groups in total. The molecule has 0 bridgehead atoms. The Hall–Kier alpha value is -3.65. The first kappa shape index (κ1) is 18.7. The fourth-order valence-corrected chi connectivity index (χ4v) is 3.10. The third-order valence-corrected chi connectivity index (χ3v) is 4.65. The Bertz CT molecular complexity index is 1270. The second-order valence-corrected chi connectivity index (χ2v) is 6.78. The van der Waals surface area contributed by atoms with Crippen LogP contribution < -0.4 is 17.2 Å². The van der Waals surface area contributed by atoms with Crippen LogP contribution in [-0.2, 0) is 6.54 Å². The summed E-state index contributed by atoms with van der Waals surface area (Å²) in [5.74, 6) is -0.0384. The van der Waals surface area contributed by atoms with Gasteiger partial charge in [-0.15, -0.1) is 5.10 Å². The monoisotopic (exact) mass is 410 g/mol. The van der Waals surface area contributed by atoms with Crippen LogP contribution in [0.2, 0.25) is 5.02 Å². The highest BCUT2D eigenvalue weighted by molar-refractivity contribution is 6.30. The Labute approximate surface area is 169 Å². The molecule has 4 rings (SSSR count). The van der Waals surface area contributed by atoms with Crippen molar-refractivity contribution in [1.82, 2.24) is 14.8 Å². The van der Waals surface area contributed by atoms with Gasteiger partial charge < -0.3 is 15.9 Å². The molecule has 2 aromatic carbocycles. The molecule has 0 radical (unpaired) electrons. The van der Waals surface area contributed by atoms with Gasteiger partial charge in [-0.3, -0.25) is 0 Å². The molecule has 0 saturated heterocycles. The van der Waals surface area contributed by atoms with Gasteiger partial charge in [0.15, 0.2) is 0 Å². The van der Waals surface area contributed by atoms with E-state index in [1.165, 1.54) is 16.9 Å². The SMILES string of the molecule is N=c1oc(-c2cccc(Cl)c2)nn1Cc1ccc(-c2ccnc(N)c2N)cc1F. The number of rotatable bonds is 4. The van der Waals surface area contributed by atoms with Crippen LogP contribution in [0.25, 0.3) is 22.6 Å². The fourth-order valence-electron chi connectivity index (χ4n) is 2.91. The third kappa shape index (κ3) is 3.70. The Morgan fingerprint density at radius 3 is 2.69 bits per heavy atom. The molecule has 4 aromatic rings. The summed E-state index contributed by atoms with van der Waals surface area (Å²) < 4.78 is 21.4. The van der Waals surface area contributed by atoms with Crippen molar-refractivity contribution in [2.75, 3.05) is 11.5 Å². The lowest BCUT2D eigenvalue weighted by Gasteiger charge is -2.09. The Morgan fingerprint density at radius 1 is 1.10 bits per heavy atom. The van der Waals surface area contributed by atoms with Crippen LogP contribution in [0.4, 0.5) is 15.9 Å². The van der Waals surface area contributed by atoms with Gasteiger partial charge in [0.25, 0.3) is 0 Å². The van der Waals surface area contributed by atoms with E-state index in [2.05, 4.69) is 10.1 Å². The van der Waals surface area contributed by atoms with E-state index in [4.69, 9.17) is 32.9 Å². The van der Waals surface area contributed by atoms with Gasteiger partial charge >= 0.3 is 5.68 Å². The molecule has 7 nitrogen and oxygen atoms in total. The van der Waals surface area contributed by atoms with Crippen molar-refractivity contribution in [3.05, 3.63) is 76.8 Å². The molecule has 0 atom stereocenters. The van der Waals surface area contributed by atoms with Gasteiger partial charge in [0.2, 0.25) is 5.89 Å². The molecule has 0 spiro atoms. The van der Waals surface area contributed by atoms with Crippen molar-refractivity contribution in [3.8, 4) is 22.6 Å². The highest BCUT2D eigenvalue weighted by Crippen LogP contribution is 2.30. The first-order chi connectivity index (χ1) is 13.9. The van der Waals surface area contributed by atoms with Gasteiger partial charge in [-0.1, -0.05) is 29.8 Å². The van der Waals surface area contributed by atoms with Gasteiger partial charge in [0.05, 0.1) is 12.2 Å². The predicted octanol–water partition coefficient (Wildman–Crippen LogP) is 3.69. The van der Waals surface area contributed by atoms with E-state index >= 15 is 0 Å². The van der Waals surface area contributed by atoms with E-state index in [0.717, 1.165) is 0 Å². The summed E-state index contributed by atoms with van der Waals surface area (Å²) in [6.07, 6.45) is 1.52. The summed E-state index contributed by atoms with van der Waals surface area (Å²) >= 11 is 5.98. The van der Waals surface area contributed by atoms with Crippen molar-refractivity contribution in [2.24, 2.45) is 0 Å². The first-order valence-electron chi connectivity index (χ1n) is 8.59. The maximum Gasteiger partial charge on any atom is 0.312 e. The summed E-state index contributed by atoms with van der Waals surface area (Å²) in [5, 5.41) is 12.8. The molecule has 0 fully saturated rings. The van der Waals surface area contributed by atoms with Crippen LogP contribution in [-0.4, -0.2) is 14.8 Å². The molecule has 0 aliphatic heterocycles. The van der Waals surface area contributed by atoms with Crippen LogP contribution in [0.5, 0.6) is 0 Å². The Balaban J connectivity index is 1.64. The molecule has 146 valence electrons. The Kier molecular flexibility index (Phi) is 4.77. The molecule has 0 saturated carbocycles. The lowest BCUT2D eigenvalue weighted by Crippen LogP contribution is -2.17. The second kappa shape index (κ2) is 7.40. The summed E-state index contributed by atoms with van der Waals surface area (Å²) in [6.45, 7) is 0.0307. The smallest absolute Gasteiger partial charge is 0.312 e. The van der Waals surface area contributed by atoms with Gasteiger partial charge in [0, 0.05) is 27.9 Å². The second-order valence-electron chi connectivity index (χ2n) is 6.34. The number of nitrogens with one attached hydrogen (secondary N) is 1. The first-order valence-corrected chi connectivity index (χ1v) is 8.97. The van der Waals surface area contributed by atoms with Gasteiger partial charge in [-0.05, 0) is 35.9 Å². The predicted molar refractivity (Wildman–Crippen MR) is 108 cm³/mol. The zero-order chi connectivity index (χ0) is 20.5. The maximum atomic E-state index is 14.7. The van der Waals surface area contributed by atoms with Crippen molar-refractivity contribution in [1.29, 1.82) is 5.41 Å². The summed E-state index contributed by atoms with van der Waals surface area (Å²) in [4.78, 5) is 3.91. The number of anilines is 2. The van der Waals surface area contributed by atoms with E-state index < -0.39 is 5.82 Å².